The average molecular weight is 396 g/mol. The summed E-state index contributed by atoms with van der Waals surface area (Å²) < 4.78 is 10.7. The van der Waals surface area contributed by atoms with Crippen LogP contribution in [0, 0.1) is 11.3 Å². The van der Waals surface area contributed by atoms with E-state index in [1.807, 2.05) is 24.3 Å². The minimum Gasteiger partial charge on any atom is -0.463 e. The molecule has 0 amide bonds. The number of benzene rings is 1. The second-order valence-corrected chi connectivity index (χ2v) is 7.44. The van der Waals surface area contributed by atoms with Crippen LogP contribution in [0.5, 0.6) is 0 Å². The Kier molecular flexibility index (Phi) is 6.57. The van der Waals surface area contributed by atoms with Crippen molar-refractivity contribution in [3.05, 3.63) is 58.2 Å². The lowest BCUT2D eigenvalue weighted by Gasteiger charge is -2.32. The number of ether oxygens (including phenoxy) is 2. The fraction of sp³-hybridized carbons (Fsp3) is 0.455. The summed E-state index contributed by atoms with van der Waals surface area (Å²) in [6, 6.07) is 10.1. The Morgan fingerprint density at radius 3 is 2.52 bits per heavy atom. The highest BCUT2D eigenvalue weighted by atomic mass is 16.5. The summed E-state index contributed by atoms with van der Waals surface area (Å²) in [7, 11) is 2.14. The van der Waals surface area contributed by atoms with E-state index >= 15 is 0 Å². The average Bonchev–Trinajstić information content (AvgIpc) is 2.70. The summed E-state index contributed by atoms with van der Waals surface area (Å²) in [4.78, 5) is 17.3. The van der Waals surface area contributed by atoms with Crippen LogP contribution in [-0.4, -0.2) is 55.6 Å². The Bertz CT molecular complexity index is 859. The van der Waals surface area contributed by atoms with Gasteiger partial charge in [0.25, 0.3) is 0 Å². The van der Waals surface area contributed by atoms with Crippen molar-refractivity contribution in [3.8, 4) is 6.07 Å². The molecule has 1 unspecified atom stereocenters. The molecule has 7 heteroatoms. The molecular weight excluding hydrogens is 368 g/mol. The van der Waals surface area contributed by atoms with Crippen molar-refractivity contribution in [2.24, 2.45) is 5.73 Å². The minimum atomic E-state index is -0.592. The van der Waals surface area contributed by atoms with Gasteiger partial charge in [-0.25, -0.2) is 4.79 Å². The molecule has 0 radical (unpaired) electrons. The third kappa shape index (κ3) is 4.61. The van der Waals surface area contributed by atoms with Gasteiger partial charge in [-0.2, -0.15) is 5.26 Å². The van der Waals surface area contributed by atoms with Crippen LogP contribution in [0.2, 0.25) is 0 Å². The van der Waals surface area contributed by atoms with Gasteiger partial charge in [0.05, 0.1) is 18.1 Å². The number of nitrogens with two attached hydrogens (primary N) is 1. The summed E-state index contributed by atoms with van der Waals surface area (Å²) in [6.07, 6.45) is 0. The number of carbonyl (C=O) groups is 1. The van der Waals surface area contributed by atoms with Crippen molar-refractivity contribution in [1.82, 2.24) is 9.80 Å². The molecule has 154 valence electrons. The maximum Gasteiger partial charge on any atom is 0.338 e. The maximum atomic E-state index is 12.6. The van der Waals surface area contributed by atoms with Crippen LogP contribution in [0.15, 0.2) is 47.1 Å². The molecule has 2 aliphatic rings. The van der Waals surface area contributed by atoms with Gasteiger partial charge >= 0.3 is 5.97 Å². The first kappa shape index (κ1) is 20.9. The van der Waals surface area contributed by atoms with Crippen LogP contribution in [0.4, 0.5) is 0 Å². The summed E-state index contributed by atoms with van der Waals surface area (Å²) in [5.74, 6) is -0.682. The summed E-state index contributed by atoms with van der Waals surface area (Å²) in [5, 5.41) is 9.65. The van der Waals surface area contributed by atoms with Crippen molar-refractivity contribution in [1.29, 1.82) is 5.26 Å². The molecule has 2 heterocycles. The molecular formula is C22H28N4O3. The zero-order chi connectivity index (χ0) is 21.0. The van der Waals surface area contributed by atoms with Crippen LogP contribution in [-0.2, 0) is 20.8 Å². The Labute approximate surface area is 172 Å². The fourth-order valence-electron chi connectivity index (χ4n) is 3.77. The Morgan fingerprint density at radius 1 is 1.28 bits per heavy atom. The van der Waals surface area contributed by atoms with Crippen molar-refractivity contribution in [2.45, 2.75) is 26.3 Å². The Hall–Kier alpha value is -2.82. The van der Waals surface area contributed by atoms with Gasteiger partial charge in [0.1, 0.15) is 17.4 Å². The van der Waals surface area contributed by atoms with Crippen LogP contribution < -0.4 is 5.73 Å². The number of nitriles is 1. The number of likely N-dealkylation sites (N-methyl/N-ethyl adjacent to an activating group) is 1. The molecule has 0 saturated carbocycles. The predicted molar refractivity (Wildman–Crippen MR) is 109 cm³/mol. The van der Waals surface area contributed by atoms with Gasteiger partial charge in [0.2, 0.25) is 5.88 Å². The Balaban J connectivity index is 1.86. The molecule has 2 aliphatic heterocycles. The van der Waals surface area contributed by atoms with E-state index in [-0.39, 0.29) is 18.1 Å². The van der Waals surface area contributed by atoms with E-state index in [1.54, 1.807) is 13.8 Å². The quantitative estimate of drug-likeness (QED) is 0.762. The SMILES string of the molecule is CCOC(=O)C1=C(C)OC(N)=C(C#N)C1c1ccc(CN2CCN(C)CC2)cc1. The van der Waals surface area contributed by atoms with Crippen LogP contribution in [0.25, 0.3) is 0 Å². The van der Waals surface area contributed by atoms with Crippen molar-refractivity contribution < 1.29 is 14.3 Å². The smallest absolute Gasteiger partial charge is 0.338 e. The minimum absolute atomic E-state index is 0.0320. The molecule has 3 rings (SSSR count). The van der Waals surface area contributed by atoms with Gasteiger partial charge in [0.15, 0.2) is 0 Å². The van der Waals surface area contributed by atoms with E-state index in [4.69, 9.17) is 15.2 Å². The molecule has 1 saturated heterocycles. The van der Waals surface area contributed by atoms with Crippen molar-refractivity contribution in [3.63, 3.8) is 0 Å². The van der Waals surface area contributed by atoms with Crippen LogP contribution in [0.1, 0.15) is 30.9 Å². The molecule has 1 atom stereocenters. The fourth-order valence-corrected chi connectivity index (χ4v) is 3.77. The lowest BCUT2D eigenvalue weighted by Crippen LogP contribution is -2.43. The van der Waals surface area contributed by atoms with Gasteiger partial charge in [-0.05, 0) is 32.0 Å². The number of esters is 1. The van der Waals surface area contributed by atoms with E-state index in [0.29, 0.717) is 11.3 Å². The number of allylic oxidation sites excluding steroid dienone is 2. The number of nitrogens with zero attached hydrogens (tertiary/aromatic N) is 3. The second kappa shape index (κ2) is 9.12. The summed E-state index contributed by atoms with van der Waals surface area (Å²) in [5.41, 5.74) is 8.51. The largest absolute Gasteiger partial charge is 0.463 e. The number of carbonyl (C=O) groups excluding carboxylic acids is 1. The van der Waals surface area contributed by atoms with E-state index in [0.717, 1.165) is 38.3 Å². The van der Waals surface area contributed by atoms with Gasteiger partial charge in [-0.1, -0.05) is 24.3 Å². The number of hydrogen-bond donors (Lipinski definition) is 1. The third-order valence-corrected chi connectivity index (χ3v) is 5.42. The van der Waals surface area contributed by atoms with E-state index < -0.39 is 11.9 Å². The lowest BCUT2D eigenvalue weighted by molar-refractivity contribution is -0.139. The van der Waals surface area contributed by atoms with Gasteiger partial charge in [-0.15, -0.1) is 0 Å². The van der Waals surface area contributed by atoms with Crippen LogP contribution in [0.3, 0.4) is 0 Å². The Morgan fingerprint density at radius 2 is 1.93 bits per heavy atom. The number of hydrogen-bond acceptors (Lipinski definition) is 7. The molecule has 0 bridgehead atoms. The second-order valence-electron chi connectivity index (χ2n) is 7.44. The molecule has 2 N–H and O–H groups in total. The lowest BCUT2D eigenvalue weighted by atomic mass is 9.83. The van der Waals surface area contributed by atoms with Crippen molar-refractivity contribution in [2.75, 3.05) is 39.8 Å². The number of piperazine rings is 1. The normalized spacial score (nSPS) is 21.0. The summed E-state index contributed by atoms with van der Waals surface area (Å²) in [6.45, 7) is 8.77. The first-order chi connectivity index (χ1) is 13.9. The van der Waals surface area contributed by atoms with E-state index in [9.17, 15) is 10.1 Å². The van der Waals surface area contributed by atoms with E-state index in [2.05, 4.69) is 22.9 Å². The first-order valence-corrected chi connectivity index (χ1v) is 9.89. The van der Waals surface area contributed by atoms with Crippen LogP contribution >= 0.6 is 0 Å². The molecule has 1 aromatic rings. The molecule has 0 aliphatic carbocycles. The topological polar surface area (TPSA) is 91.8 Å². The standard InChI is InChI=1S/C22H28N4O3/c1-4-28-22(27)19-15(2)29-21(24)18(13-23)20(19)17-7-5-16(6-8-17)14-26-11-9-25(3)10-12-26/h5-8,20H,4,9-12,14,24H2,1-3H3. The molecule has 0 spiro atoms. The molecule has 0 aromatic heterocycles. The van der Waals surface area contributed by atoms with Gasteiger partial charge in [0, 0.05) is 32.7 Å². The molecule has 29 heavy (non-hydrogen) atoms. The zero-order valence-corrected chi connectivity index (χ0v) is 17.3. The molecule has 7 nitrogen and oxygen atoms in total. The van der Waals surface area contributed by atoms with Gasteiger partial charge in [-0.3, -0.25) is 4.90 Å². The zero-order valence-electron chi connectivity index (χ0n) is 17.3. The maximum absolute atomic E-state index is 12.6. The summed E-state index contributed by atoms with van der Waals surface area (Å²) >= 11 is 0. The molecule has 1 fully saturated rings. The number of rotatable bonds is 5. The highest BCUT2D eigenvalue weighted by Gasteiger charge is 2.36. The van der Waals surface area contributed by atoms with E-state index in [1.165, 1.54) is 5.56 Å². The third-order valence-electron chi connectivity index (χ3n) is 5.42. The van der Waals surface area contributed by atoms with Crippen molar-refractivity contribution >= 4 is 5.97 Å². The monoisotopic (exact) mass is 396 g/mol. The van der Waals surface area contributed by atoms with Gasteiger partial charge < -0.3 is 20.1 Å². The highest BCUT2D eigenvalue weighted by molar-refractivity contribution is 5.92. The predicted octanol–water partition coefficient (Wildman–Crippen LogP) is 2.08. The highest BCUT2D eigenvalue weighted by Crippen LogP contribution is 2.39. The molecule has 1 aromatic carbocycles. The first-order valence-electron chi connectivity index (χ1n) is 9.89.